The van der Waals surface area contributed by atoms with E-state index in [1.54, 1.807) is 12.1 Å². The molecule has 2 rings (SSSR count). The molecular formula is C17H18BrNO3. The van der Waals surface area contributed by atoms with Crippen LogP contribution >= 0.6 is 15.9 Å². The smallest absolute Gasteiger partial charge is 0.262 e. The number of aryl methyl sites for hydroxylation is 1. The Morgan fingerprint density at radius 3 is 2.55 bits per heavy atom. The Morgan fingerprint density at radius 2 is 1.86 bits per heavy atom. The van der Waals surface area contributed by atoms with Crippen LogP contribution in [0.25, 0.3) is 0 Å². The highest BCUT2D eigenvalue weighted by atomic mass is 79.9. The maximum absolute atomic E-state index is 11.9. The molecule has 2 aromatic carbocycles. The Bertz CT molecular complexity index is 658. The van der Waals surface area contributed by atoms with Crippen molar-refractivity contribution in [1.82, 2.24) is 0 Å². The van der Waals surface area contributed by atoms with Crippen molar-refractivity contribution in [1.29, 1.82) is 0 Å². The second-order valence-corrected chi connectivity index (χ2v) is 5.58. The van der Waals surface area contributed by atoms with Gasteiger partial charge in [0, 0.05) is 10.5 Å². The second kappa shape index (κ2) is 7.84. The first-order chi connectivity index (χ1) is 10.6. The third-order valence-electron chi connectivity index (χ3n) is 2.89. The van der Waals surface area contributed by atoms with Crippen molar-refractivity contribution in [3.8, 4) is 11.5 Å². The van der Waals surface area contributed by atoms with Crippen LogP contribution < -0.4 is 14.8 Å². The number of anilines is 1. The topological polar surface area (TPSA) is 47.6 Å². The number of ether oxygens (including phenoxy) is 2. The molecule has 0 radical (unpaired) electrons. The van der Waals surface area contributed by atoms with Crippen molar-refractivity contribution in [3.05, 3.63) is 52.5 Å². The van der Waals surface area contributed by atoms with Gasteiger partial charge in [-0.2, -0.15) is 0 Å². The second-order valence-electron chi connectivity index (χ2n) is 4.73. The number of amides is 1. The van der Waals surface area contributed by atoms with Gasteiger partial charge < -0.3 is 14.8 Å². The largest absolute Gasteiger partial charge is 0.494 e. The van der Waals surface area contributed by atoms with E-state index in [-0.39, 0.29) is 12.5 Å². The maximum atomic E-state index is 11.9. The summed E-state index contributed by atoms with van der Waals surface area (Å²) in [5.41, 5.74) is 1.84. The summed E-state index contributed by atoms with van der Waals surface area (Å²) in [5, 5.41) is 2.81. The average Bonchev–Trinajstić information content (AvgIpc) is 2.49. The zero-order valence-corrected chi connectivity index (χ0v) is 14.1. The number of carbonyl (C=O) groups excluding carboxylic acids is 1. The molecule has 0 saturated heterocycles. The molecule has 0 bridgehead atoms. The van der Waals surface area contributed by atoms with Crippen LogP contribution in [0.4, 0.5) is 5.69 Å². The minimum absolute atomic E-state index is 0.0596. The summed E-state index contributed by atoms with van der Waals surface area (Å²) in [6.07, 6.45) is 0. The lowest BCUT2D eigenvalue weighted by molar-refractivity contribution is -0.118. The molecule has 0 aromatic heterocycles. The number of carbonyl (C=O) groups is 1. The molecule has 1 N–H and O–H groups in total. The van der Waals surface area contributed by atoms with Gasteiger partial charge in [-0.1, -0.05) is 12.1 Å². The highest BCUT2D eigenvalue weighted by Gasteiger charge is 2.07. The lowest BCUT2D eigenvalue weighted by Crippen LogP contribution is -2.20. The molecule has 0 spiro atoms. The molecule has 2 aromatic rings. The fraction of sp³-hybridized carbons (Fsp3) is 0.235. The van der Waals surface area contributed by atoms with Gasteiger partial charge in [0.15, 0.2) is 6.61 Å². The summed E-state index contributed by atoms with van der Waals surface area (Å²) in [6, 6.07) is 13.0. The molecule has 116 valence electrons. The standard InChI is InChI=1S/C17H18BrNO3/c1-3-21-13-5-4-6-14(10-13)22-11-17(20)19-16-8-7-12(2)9-15(16)18/h4-10H,3,11H2,1-2H3,(H,19,20). The Kier molecular flexibility index (Phi) is 5.83. The molecule has 0 aliphatic heterocycles. The van der Waals surface area contributed by atoms with E-state index < -0.39 is 0 Å². The first-order valence-electron chi connectivity index (χ1n) is 7.00. The predicted octanol–water partition coefficient (Wildman–Crippen LogP) is 4.17. The molecule has 22 heavy (non-hydrogen) atoms. The van der Waals surface area contributed by atoms with Crippen LogP contribution in [0.3, 0.4) is 0 Å². The molecule has 0 heterocycles. The Balaban J connectivity index is 1.91. The summed E-state index contributed by atoms with van der Waals surface area (Å²) in [6.45, 7) is 4.44. The minimum Gasteiger partial charge on any atom is -0.494 e. The maximum Gasteiger partial charge on any atom is 0.262 e. The molecular weight excluding hydrogens is 346 g/mol. The number of halogens is 1. The Hall–Kier alpha value is -2.01. The van der Waals surface area contributed by atoms with Gasteiger partial charge in [-0.3, -0.25) is 4.79 Å². The van der Waals surface area contributed by atoms with Crippen LogP contribution in [0.5, 0.6) is 11.5 Å². The summed E-state index contributed by atoms with van der Waals surface area (Å²) in [4.78, 5) is 11.9. The molecule has 0 saturated carbocycles. The van der Waals surface area contributed by atoms with Gasteiger partial charge in [-0.25, -0.2) is 0 Å². The lowest BCUT2D eigenvalue weighted by Gasteiger charge is -2.10. The predicted molar refractivity (Wildman–Crippen MR) is 90.6 cm³/mol. The first kappa shape index (κ1) is 16.4. The van der Waals surface area contributed by atoms with E-state index in [9.17, 15) is 4.79 Å². The zero-order valence-electron chi connectivity index (χ0n) is 12.6. The van der Waals surface area contributed by atoms with E-state index in [1.165, 1.54) is 0 Å². The molecule has 1 amide bonds. The highest BCUT2D eigenvalue weighted by Crippen LogP contribution is 2.23. The average molecular weight is 364 g/mol. The molecule has 0 unspecified atom stereocenters. The number of hydrogen-bond acceptors (Lipinski definition) is 3. The summed E-state index contributed by atoms with van der Waals surface area (Å²) in [7, 11) is 0. The Labute approximate surface area is 138 Å². The van der Waals surface area contributed by atoms with Crippen molar-refractivity contribution >= 4 is 27.5 Å². The van der Waals surface area contributed by atoms with Crippen LogP contribution in [0, 0.1) is 6.92 Å². The van der Waals surface area contributed by atoms with E-state index in [0.717, 1.165) is 21.5 Å². The van der Waals surface area contributed by atoms with Crippen LogP contribution in [0.2, 0.25) is 0 Å². The summed E-state index contributed by atoms with van der Waals surface area (Å²) >= 11 is 3.43. The van der Waals surface area contributed by atoms with Gasteiger partial charge in [0.05, 0.1) is 12.3 Å². The van der Waals surface area contributed by atoms with Crippen molar-refractivity contribution in [2.24, 2.45) is 0 Å². The van der Waals surface area contributed by atoms with Crippen molar-refractivity contribution in [2.75, 3.05) is 18.5 Å². The van der Waals surface area contributed by atoms with E-state index in [1.807, 2.05) is 44.2 Å². The van der Waals surface area contributed by atoms with Gasteiger partial charge in [0.1, 0.15) is 11.5 Å². The Morgan fingerprint density at radius 1 is 1.14 bits per heavy atom. The SMILES string of the molecule is CCOc1cccc(OCC(=O)Nc2ccc(C)cc2Br)c1. The van der Waals surface area contributed by atoms with E-state index in [0.29, 0.717) is 12.4 Å². The van der Waals surface area contributed by atoms with Gasteiger partial charge >= 0.3 is 0 Å². The quantitative estimate of drug-likeness (QED) is 0.837. The zero-order chi connectivity index (χ0) is 15.9. The monoisotopic (exact) mass is 363 g/mol. The summed E-state index contributed by atoms with van der Waals surface area (Å²) in [5.74, 6) is 1.11. The van der Waals surface area contributed by atoms with Gasteiger partial charge in [0.25, 0.3) is 5.91 Å². The first-order valence-corrected chi connectivity index (χ1v) is 7.79. The van der Waals surface area contributed by atoms with E-state index >= 15 is 0 Å². The van der Waals surface area contributed by atoms with Crippen LogP contribution in [0.1, 0.15) is 12.5 Å². The third-order valence-corrected chi connectivity index (χ3v) is 3.54. The normalized spacial score (nSPS) is 10.1. The highest BCUT2D eigenvalue weighted by molar-refractivity contribution is 9.10. The minimum atomic E-state index is -0.216. The number of rotatable bonds is 6. The molecule has 4 nitrogen and oxygen atoms in total. The van der Waals surface area contributed by atoms with Gasteiger partial charge in [-0.15, -0.1) is 0 Å². The fourth-order valence-corrected chi connectivity index (χ4v) is 2.47. The molecule has 0 atom stereocenters. The van der Waals surface area contributed by atoms with E-state index in [2.05, 4.69) is 21.2 Å². The van der Waals surface area contributed by atoms with Gasteiger partial charge in [0.2, 0.25) is 0 Å². The van der Waals surface area contributed by atoms with Crippen LogP contribution in [0.15, 0.2) is 46.9 Å². The van der Waals surface area contributed by atoms with E-state index in [4.69, 9.17) is 9.47 Å². The molecule has 0 fully saturated rings. The number of benzene rings is 2. The van der Waals surface area contributed by atoms with Crippen molar-refractivity contribution < 1.29 is 14.3 Å². The van der Waals surface area contributed by atoms with Crippen molar-refractivity contribution in [2.45, 2.75) is 13.8 Å². The lowest BCUT2D eigenvalue weighted by atomic mass is 10.2. The van der Waals surface area contributed by atoms with Crippen LogP contribution in [-0.2, 0) is 4.79 Å². The molecule has 0 aliphatic carbocycles. The third kappa shape index (κ3) is 4.77. The molecule has 0 aliphatic rings. The summed E-state index contributed by atoms with van der Waals surface area (Å²) < 4.78 is 11.7. The van der Waals surface area contributed by atoms with Gasteiger partial charge in [-0.05, 0) is 59.6 Å². The number of nitrogens with one attached hydrogen (secondary N) is 1. The fourth-order valence-electron chi connectivity index (χ4n) is 1.88. The van der Waals surface area contributed by atoms with Crippen LogP contribution in [-0.4, -0.2) is 19.1 Å². The van der Waals surface area contributed by atoms with Crippen molar-refractivity contribution in [3.63, 3.8) is 0 Å². The molecule has 5 heteroatoms. The number of hydrogen-bond donors (Lipinski definition) is 1.